The van der Waals surface area contributed by atoms with Crippen LogP contribution < -0.4 is 9.62 Å². The fourth-order valence-electron chi connectivity index (χ4n) is 2.49. The standard InChI is InChI=1S/C18H20ClFN2O3S/c1-13-6-3-4-7-17(13)22(26(2,24)25)11-5-8-18(23)21-14-9-10-16(20)15(19)12-14/h3-4,6-7,9-10,12H,5,8,11H2,1-2H3,(H,21,23). The molecule has 0 heterocycles. The molecule has 0 unspecified atom stereocenters. The maximum absolute atomic E-state index is 13.1. The number of hydrogen-bond donors (Lipinski definition) is 1. The first-order valence-electron chi connectivity index (χ1n) is 7.97. The lowest BCUT2D eigenvalue weighted by atomic mass is 10.2. The average molecular weight is 399 g/mol. The number of sulfonamides is 1. The molecule has 0 aliphatic carbocycles. The van der Waals surface area contributed by atoms with E-state index in [0.29, 0.717) is 17.8 Å². The van der Waals surface area contributed by atoms with Crippen molar-refractivity contribution in [2.24, 2.45) is 0 Å². The lowest BCUT2D eigenvalue weighted by molar-refractivity contribution is -0.116. The first-order chi connectivity index (χ1) is 12.2. The molecule has 0 radical (unpaired) electrons. The molecule has 0 aromatic heterocycles. The normalized spacial score (nSPS) is 11.2. The summed E-state index contributed by atoms with van der Waals surface area (Å²) in [7, 11) is -3.47. The van der Waals surface area contributed by atoms with E-state index in [4.69, 9.17) is 11.6 Å². The van der Waals surface area contributed by atoms with Gasteiger partial charge in [0.25, 0.3) is 0 Å². The summed E-state index contributed by atoms with van der Waals surface area (Å²) in [5.41, 5.74) is 1.82. The predicted octanol–water partition coefficient (Wildman–Crippen LogP) is 3.97. The highest BCUT2D eigenvalue weighted by Crippen LogP contribution is 2.23. The summed E-state index contributed by atoms with van der Waals surface area (Å²) in [5.74, 6) is -0.863. The highest BCUT2D eigenvalue weighted by atomic mass is 35.5. The van der Waals surface area contributed by atoms with Gasteiger partial charge < -0.3 is 5.32 Å². The largest absolute Gasteiger partial charge is 0.326 e. The van der Waals surface area contributed by atoms with Gasteiger partial charge in [-0.1, -0.05) is 29.8 Å². The third kappa shape index (κ3) is 5.44. The Morgan fingerprint density at radius 2 is 1.92 bits per heavy atom. The molecular formula is C18H20ClFN2O3S. The summed E-state index contributed by atoms with van der Waals surface area (Å²) < 4.78 is 38.6. The van der Waals surface area contributed by atoms with E-state index in [1.165, 1.54) is 22.5 Å². The van der Waals surface area contributed by atoms with Crippen LogP contribution in [0.3, 0.4) is 0 Å². The molecule has 0 saturated heterocycles. The van der Waals surface area contributed by atoms with Crippen molar-refractivity contribution in [3.05, 3.63) is 58.9 Å². The molecule has 0 atom stereocenters. The number of aryl methyl sites for hydroxylation is 1. The van der Waals surface area contributed by atoms with Crippen LogP contribution in [0, 0.1) is 12.7 Å². The molecular weight excluding hydrogens is 379 g/mol. The lowest BCUT2D eigenvalue weighted by Crippen LogP contribution is -2.32. The van der Waals surface area contributed by atoms with Crippen molar-refractivity contribution in [3.8, 4) is 0 Å². The van der Waals surface area contributed by atoms with Crippen molar-refractivity contribution >= 4 is 38.9 Å². The number of benzene rings is 2. The molecule has 0 bridgehead atoms. The number of nitrogens with one attached hydrogen (secondary N) is 1. The number of nitrogens with zero attached hydrogens (tertiary/aromatic N) is 1. The minimum Gasteiger partial charge on any atom is -0.326 e. The van der Waals surface area contributed by atoms with E-state index in [2.05, 4.69) is 5.32 Å². The molecule has 2 rings (SSSR count). The van der Waals surface area contributed by atoms with Gasteiger partial charge in [-0.25, -0.2) is 12.8 Å². The molecule has 1 N–H and O–H groups in total. The fraction of sp³-hybridized carbons (Fsp3) is 0.278. The van der Waals surface area contributed by atoms with Gasteiger partial charge in [-0.05, 0) is 43.2 Å². The minimum atomic E-state index is -3.47. The van der Waals surface area contributed by atoms with Gasteiger partial charge in [-0.3, -0.25) is 9.10 Å². The Labute approximate surface area is 157 Å². The van der Waals surface area contributed by atoms with E-state index in [0.717, 1.165) is 11.8 Å². The van der Waals surface area contributed by atoms with Crippen LogP contribution in [0.2, 0.25) is 5.02 Å². The number of rotatable bonds is 7. The molecule has 8 heteroatoms. The van der Waals surface area contributed by atoms with Gasteiger partial charge in [0.1, 0.15) is 5.82 Å². The summed E-state index contributed by atoms with van der Waals surface area (Å²) in [6.45, 7) is 2.01. The monoisotopic (exact) mass is 398 g/mol. The molecule has 0 fully saturated rings. The zero-order chi connectivity index (χ0) is 19.3. The number of anilines is 2. The maximum atomic E-state index is 13.1. The summed E-state index contributed by atoms with van der Waals surface area (Å²) in [4.78, 5) is 12.0. The van der Waals surface area contributed by atoms with Crippen LogP contribution >= 0.6 is 11.6 Å². The number of hydrogen-bond acceptors (Lipinski definition) is 3. The van der Waals surface area contributed by atoms with Crippen LogP contribution in [0.5, 0.6) is 0 Å². The van der Waals surface area contributed by atoms with Crippen molar-refractivity contribution in [1.82, 2.24) is 0 Å². The summed E-state index contributed by atoms with van der Waals surface area (Å²) in [6.07, 6.45) is 1.59. The molecule has 0 aliphatic rings. The second kappa shape index (κ2) is 8.51. The Bertz CT molecular complexity index is 903. The highest BCUT2D eigenvalue weighted by Gasteiger charge is 2.19. The zero-order valence-electron chi connectivity index (χ0n) is 14.5. The lowest BCUT2D eigenvalue weighted by Gasteiger charge is -2.24. The third-order valence-corrected chi connectivity index (χ3v) is 5.22. The van der Waals surface area contributed by atoms with E-state index in [9.17, 15) is 17.6 Å². The van der Waals surface area contributed by atoms with Crippen LogP contribution in [0.25, 0.3) is 0 Å². The van der Waals surface area contributed by atoms with Gasteiger partial charge in [0.15, 0.2) is 0 Å². The van der Waals surface area contributed by atoms with E-state index >= 15 is 0 Å². The van der Waals surface area contributed by atoms with Gasteiger partial charge in [-0.15, -0.1) is 0 Å². The smallest absolute Gasteiger partial charge is 0.232 e. The summed E-state index contributed by atoms with van der Waals surface area (Å²) in [5, 5.41) is 2.54. The molecule has 2 aromatic carbocycles. The van der Waals surface area contributed by atoms with E-state index < -0.39 is 15.8 Å². The molecule has 26 heavy (non-hydrogen) atoms. The Morgan fingerprint density at radius 3 is 2.54 bits per heavy atom. The minimum absolute atomic E-state index is 0.0781. The first kappa shape index (κ1) is 20.2. The van der Waals surface area contributed by atoms with Gasteiger partial charge in [-0.2, -0.15) is 0 Å². The Hall–Kier alpha value is -2.12. The zero-order valence-corrected chi connectivity index (χ0v) is 16.1. The van der Waals surface area contributed by atoms with Crippen molar-refractivity contribution in [2.75, 3.05) is 22.4 Å². The van der Waals surface area contributed by atoms with Gasteiger partial charge >= 0.3 is 0 Å². The van der Waals surface area contributed by atoms with Gasteiger partial charge in [0, 0.05) is 18.7 Å². The number of carbonyl (C=O) groups excluding carboxylic acids is 1. The number of para-hydroxylation sites is 1. The topological polar surface area (TPSA) is 66.5 Å². The van der Waals surface area contributed by atoms with Crippen molar-refractivity contribution in [1.29, 1.82) is 0 Å². The average Bonchev–Trinajstić information content (AvgIpc) is 2.55. The molecule has 0 saturated carbocycles. The van der Waals surface area contributed by atoms with Crippen molar-refractivity contribution in [2.45, 2.75) is 19.8 Å². The number of carbonyl (C=O) groups is 1. The van der Waals surface area contributed by atoms with Gasteiger partial charge in [0.05, 0.1) is 17.0 Å². The van der Waals surface area contributed by atoms with Gasteiger partial charge in [0.2, 0.25) is 15.9 Å². The molecule has 140 valence electrons. The highest BCUT2D eigenvalue weighted by molar-refractivity contribution is 7.92. The quantitative estimate of drug-likeness (QED) is 0.767. The number of amides is 1. The third-order valence-electron chi connectivity index (χ3n) is 3.75. The van der Waals surface area contributed by atoms with E-state index in [1.807, 2.05) is 19.1 Å². The summed E-state index contributed by atoms with van der Waals surface area (Å²) in [6, 6.07) is 11.1. The maximum Gasteiger partial charge on any atom is 0.232 e. The second-order valence-electron chi connectivity index (χ2n) is 5.90. The van der Waals surface area contributed by atoms with Crippen molar-refractivity contribution < 1.29 is 17.6 Å². The van der Waals surface area contributed by atoms with Crippen LogP contribution in [-0.4, -0.2) is 27.1 Å². The van der Waals surface area contributed by atoms with E-state index in [-0.39, 0.29) is 23.9 Å². The van der Waals surface area contributed by atoms with Crippen LogP contribution in [-0.2, 0) is 14.8 Å². The second-order valence-corrected chi connectivity index (χ2v) is 8.22. The van der Waals surface area contributed by atoms with E-state index in [1.54, 1.807) is 12.1 Å². The predicted molar refractivity (Wildman–Crippen MR) is 103 cm³/mol. The first-order valence-corrected chi connectivity index (χ1v) is 10.2. The van der Waals surface area contributed by atoms with Crippen LogP contribution in [0.4, 0.5) is 15.8 Å². The summed E-state index contributed by atoms with van der Waals surface area (Å²) >= 11 is 5.68. The molecule has 2 aromatic rings. The fourth-order valence-corrected chi connectivity index (χ4v) is 3.69. The number of halogens is 2. The molecule has 0 spiro atoms. The van der Waals surface area contributed by atoms with Crippen LogP contribution in [0.15, 0.2) is 42.5 Å². The SMILES string of the molecule is Cc1ccccc1N(CCCC(=O)Nc1ccc(F)c(Cl)c1)S(C)(=O)=O. The molecule has 5 nitrogen and oxygen atoms in total. The van der Waals surface area contributed by atoms with Crippen molar-refractivity contribution in [3.63, 3.8) is 0 Å². The Morgan fingerprint density at radius 1 is 1.23 bits per heavy atom. The molecule has 1 amide bonds. The Balaban J connectivity index is 1.98. The molecule has 0 aliphatic heterocycles. The van der Waals surface area contributed by atoms with Crippen LogP contribution in [0.1, 0.15) is 18.4 Å². The Kier molecular flexibility index (Phi) is 6.61.